The number of benzene rings is 1. The van der Waals surface area contributed by atoms with Crippen LogP contribution >= 0.6 is 0 Å². The molecule has 1 aromatic carbocycles. The van der Waals surface area contributed by atoms with Crippen LogP contribution in [0.15, 0.2) is 47.4 Å². The topological polar surface area (TPSA) is 106 Å². The highest BCUT2D eigenvalue weighted by molar-refractivity contribution is 5.90. The summed E-state index contributed by atoms with van der Waals surface area (Å²) >= 11 is 0. The Kier molecular flexibility index (Phi) is 5.50. The number of hydrogen-bond acceptors (Lipinski definition) is 6. The highest BCUT2D eigenvalue weighted by Gasteiger charge is 2.41. The van der Waals surface area contributed by atoms with Crippen LogP contribution in [-0.4, -0.2) is 26.1 Å². The maximum atomic E-state index is 12.9. The summed E-state index contributed by atoms with van der Waals surface area (Å²) in [6.45, 7) is 2.06. The minimum Gasteiger partial charge on any atom is -0.336 e. The van der Waals surface area contributed by atoms with E-state index in [0.29, 0.717) is 17.4 Å². The fourth-order valence-corrected chi connectivity index (χ4v) is 3.81. The third kappa shape index (κ3) is 4.11. The second-order valence-corrected chi connectivity index (χ2v) is 7.25. The van der Waals surface area contributed by atoms with Crippen molar-refractivity contribution in [3.8, 4) is 11.5 Å². The second kappa shape index (κ2) is 8.38. The van der Waals surface area contributed by atoms with E-state index < -0.39 is 5.54 Å². The third-order valence-corrected chi connectivity index (χ3v) is 5.33. The van der Waals surface area contributed by atoms with Crippen molar-refractivity contribution in [1.29, 1.82) is 0 Å². The Morgan fingerprint density at radius 2 is 2.00 bits per heavy atom. The SMILES string of the molecule is CCc1ccccc1NC(=O)NC1(c2nc(-c3cnccn3)no2)CCCCC1. The van der Waals surface area contributed by atoms with Gasteiger partial charge in [0.2, 0.25) is 5.82 Å². The molecule has 2 N–H and O–H groups in total. The lowest BCUT2D eigenvalue weighted by molar-refractivity contribution is 0.173. The molecule has 8 heteroatoms. The second-order valence-electron chi connectivity index (χ2n) is 7.25. The van der Waals surface area contributed by atoms with Crippen LogP contribution in [0, 0.1) is 0 Å². The minimum atomic E-state index is -0.684. The van der Waals surface area contributed by atoms with E-state index >= 15 is 0 Å². The van der Waals surface area contributed by atoms with Gasteiger partial charge in [-0.15, -0.1) is 0 Å². The molecule has 0 unspecified atom stereocenters. The largest absolute Gasteiger partial charge is 0.336 e. The van der Waals surface area contributed by atoms with Gasteiger partial charge < -0.3 is 15.2 Å². The van der Waals surface area contributed by atoms with E-state index in [4.69, 9.17) is 4.52 Å². The van der Waals surface area contributed by atoms with Crippen molar-refractivity contribution in [2.45, 2.75) is 51.0 Å². The monoisotopic (exact) mass is 392 g/mol. The van der Waals surface area contributed by atoms with Crippen LogP contribution in [0.1, 0.15) is 50.5 Å². The van der Waals surface area contributed by atoms with Gasteiger partial charge in [0.1, 0.15) is 11.2 Å². The number of aromatic nitrogens is 4. The van der Waals surface area contributed by atoms with Gasteiger partial charge in [-0.3, -0.25) is 4.98 Å². The third-order valence-electron chi connectivity index (χ3n) is 5.33. The molecule has 4 rings (SSSR count). The Balaban J connectivity index is 1.57. The average Bonchev–Trinajstić information content (AvgIpc) is 3.26. The molecule has 0 bridgehead atoms. The van der Waals surface area contributed by atoms with Gasteiger partial charge in [0.25, 0.3) is 5.89 Å². The molecule has 1 saturated carbocycles. The summed E-state index contributed by atoms with van der Waals surface area (Å²) in [5.74, 6) is 0.786. The van der Waals surface area contributed by atoms with E-state index in [1.807, 2.05) is 24.3 Å². The van der Waals surface area contributed by atoms with Gasteiger partial charge in [0.05, 0.1) is 6.20 Å². The van der Waals surface area contributed by atoms with Gasteiger partial charge in [-0.25, -0.2) is 9.78 Å². The van der Waals surface area contributed by atoms with Crippen LogP contribution in [-0.2, 0) is 12.0 Å². The van der Waals surface area contributed by atoms with Crippen molar-refractivity contribution in [3.63, 3.8) is 0 Å². The standard InChI is InChI=1S/C21H24N6O2/c1-2-15-8-4-5-9-16(15)24-20(28)26-21(10-6-3-7-11-21)19-25-18(27-29-19)17-14-22-12-13-23-17/h4-5,8-9,12-14H,2-3,6-7,10-11H2,1H3,(H2,24,26,28). The van der Waals surface area contributed by atoms with Crippen LogP contribution in [0.3, 0.4) is 0 Å². The molecule has 2 aromatic heterocycles. The van der Waals surface area contributed by atoms with Gasteiger partial charge in [0, 0.05) is 18.1 Å². The Bertz CT molecular complexity index is 966. The number of hydrogen-bond donors (Lipinski definition) is 2. The molecule has 0 saturated heterocycles. The number of urea groups is 1. The van der Waals surface area contributed by atoms with E-state index in [1.165, 1.54) is 0 Å². The maximum Gasteiger partial charge on any atom is 0.320 e. The van der Waals surface area contributed by atoms with E-state index in [9.17, 15) is 4.79 Å². The maximum absolute atomic E-state index is 12.9. The van der Waals surface area contributed by atoms with Crippen molar-refractivity contribution < 1.29 is 9.32 Å². The number of para-hydroxylation sites is 1. The van der Waals surface area contributed by atoms with Crippen LogP contribution in [0.4, 0.5) is 10.5 Å². The van der Waals surface area contributed by atoms with Gasteiger partial charge in [-0.1, -0.05) is 49.5 Å². The minimum absolute atomic E-state index is 0.271. The molecule has 1 fully saturated rings. The Morgan fingerprint density at radius 3 is 2.76 bits per heavy atom. The molecule has 2 heterocycles. The van der Waals surface area contributed by atoms with Gasteiger partial charge in [0.15, 0.2) is 0 Å². The van der Waals surface area contributed by atoms with Crippen LogP contribution in [0.2, 0.25) is 0 Å². The van der Waals surface area contributed by atoms with Gasteiger partial charge in [-0.2, -0.15) is 4.98 Å². The van der Waals surface area contributed by atoms with Gasteiger partial charge in [-0.05, 0) is 30.9 Å². The molecule has 1 aliphatic carbocycles. The van der Waals surface area contributed by atoms with Crippen molar-refractivity contribution in [1.82, 2.24) is 25.4 Å². The summed E-state index contributed by atoms with van der Waals surface area (Å²) in [6.07, 6.45) is 10.2. The van der Waals surface area contributed by atoms with Crippen molar-refractivity contribution in [2.24, 2.45) is 0 Å². The normalized spacial score (nSPS) is 15.6. The fourth-order valence-electron chi connectivity index (χ4n) is 3.81. The molecule has 8 nitrogen and oxygen atoms in total. The summed E-state index contributed by atoms with van der Waals surface area (Å²) in [7, 11) is 0. The van der Waals surface area contributed by atoms with Crippen molar-refractivity contribution in [3.05, 3.63) is 54.3 Å². The quantitative estimate of drug-likeness (QED) is 0.678. The number of anilines is 1. The number of aryl methyl sites for hydroxylation is 1. The highest BCUT2D eigenvalue weighted by atomic mass is 16.5. The van der Waals surface area contributed by atoms with E-state index in [2.05, 4.69) is 37.7 Å². The predicted octanol–water partition coefficient (Wildman–Crippen LogP) is 4.07. The zero-order chi connectivity index (χ0) is 20.1. The number of carbonyl (C=O) groups excluding carboxylic acids is 1. The van der Waals surface area contributed by atoms with Crippen LogP contribution in [0.5, 0.6) is 0 Å². The van der Waals surface area contributed by atoms with Crippen molar-refractivity contribution in [2.75, 3.05) is 5.32 Å². The molecule has 0 spiro atoms. The Labute approximate surface area is 169 Å². The van der Waals surface area contributed by atoms with E-state index in [1.54, 1.807) is 18.6 Å². The smallest absolute Gasteiger partial charge is 0.320 e. The Hall–Kier alpha value is -3.29. The first kappa shape index (κ1) is 19.0. The lowest BCUT2D eigenvalue weighted by atomic mass is 9.81. The Morgan fingerprint density at radius 1 is 1.17 bits per heavy atom. The van der Waals surface area contributed by atoms with Crippen LogP contribution < -0.4 is 10.6 Å². The summed E-state index contributed by atoms with van der Waals surface area (Å²) < 4.78 is 5.59. The number of nitrogens with one attached hydrogen (secondary N) is 2. The zero-order valence-corrected chi connectivity index (χ0v) is 16.4. The van der Waals surface area contributed by atoms with Gasteiger partial charge >= 0.3 is 6.03 Å². The molecule has 1 aliphatic rings. The summed E-state index contributed by atoms with van der Waals surface area (Å²) in [6, 6.07) is 7.53. The number of amides is 2. The predicted molar refractivity (Wildman–Crippen MR) is 108 cm³/mol. The lowest BCUT2D eigenvalue weighted by Gasteiger charge is -2.34. The number of carbonyl (C=O) groups is 1. The molecule has 29 heavy (non-hydrogen) atoms. The van der Waals surface area contributed by atoms with E-state index in [-0.39, 0.29) is 6.03 Å². The zero-order valence-electron chi connectivity index (χ0n) is 16.4. The molecule has 150 valence electrons. The first-order valence-electron chi connectivity index (χ1n) is 9.98. The number of rotatable bonds is 5. The molecule has 0 radical (unpaired) electrons. The fraction of sp³-hybridized carbons (Fsp3) is 0.381. The molecular formula is C21H24N6O2. The lowest BCUT2D eigenvalue weighted by Crippen LogP contribution is -2.49. The average molecular weight is 392 g/mol. The molecular weight excluding hydrogens is 368 g/mol. The van der Waals surface area contributed by atoms with Crippen molar-refractivity contribution >= 4 is 11.7 Å². The molecule has 3 aromatic rings. The summed E-state index contributed by atoms with van der Waals surface area (Å²) in [5.41, 5.74) is 1.75. The molecule has 0 atom stereocenters. The van der Waals surface area contributed by atoms with Crippen LogP contribution in [0.25, 0.3) is 11.5 Å². The first-order valence-corrected chi connectivity index (χ1v) is 9.98. The van der Waals surface area contributed by atoms with E-state index in [0.717, 1.165) is 49.8 Å². The summed E-state index contributed by atoms with van der Waals surface area (Å²) in [4.78, 5) is 25.7. The highest BCUT2D eigenvalue weighted by Crippen LogP contribution is 2.37. The molecule has 0 aliphatic heterocycles. The summed E-state index contributed by atoms with van der Waals surface area (Å²) in [5, 5.41) is 10.2. The number of nitrogens with zero attached hydrogens (tertiary/aromatic N) is 4. The molecule has 2 amide bonds. The first-order chi connectivity index (χ1) is 14.2.